The van der Waals surface area contributed by atoms with Crippen LogP contribution in [0.25, 0.3) is 0 Å². The zero-order valence-corrected chi connectivity index (χ0v) is 62.4. The average Bonchev–Trinajstić information content (AvgIpc) is 1.54. The number of hydrogen-bond acceptors (Lipinski definition) is 17. The molecule has 612 valence electrons. The second-order valence-electron chi connectivity index (χ2n) is 38.8. The third-order valence-corrected chi connectivity index (χ3v) is 33.8. The van der Waals surface area contributed by atoms with E-state index in [2.05, 4.69) is 0 Å². The van der Waals surface area contributed by atoms with Gasteiger partial charge in [-0.1, -0.05) is 98.4 Å². The summed E-state index contributed by atoms with van der Waals surface area (Å²) in [6.45, 7) is 14.7. The second kappa shape index (κ2) is 33.8. The third kappa shape index (κ3) is 14.9. The highest BCUT2D eigenvalue weighted by Gasteiger charge is 2.70. The predicted octanol–water partition coefficient (Wildman–Crippen LogP) is 18.0. The van der Waals surface area contributed by atoms with Gasteiger partial charge in [0, 0.05) is 23.7 Å². The number of Topliss-reactive ketones (excluding diaryl/α,β-unsaturated/α-hetero) is 2. The van der Waals surface area contributed by atoms with Gasteiger partial charge in [-0.3, -0.25) is 38.4 Å². The van der Waals surface area contributed by atoms with Crippen LogP contribution in [0.3, 0.4) is 0 Å². The summed E-state index contributed by atoms with van der Waals surface area (Å²) in [7, 11) is 0. The van der Waals surface area contributed by atoms with Gasteiger partial charge in [-0.25, -0.2) is 0 Å². The molecular weight excluding hydrogens is 1360 g/mol. The first-order valence-electron chi connectivity index (χ1n) is 42.2. The van der Waals surface area contributed by atoms with Gasteiger partial charge < -0.3 is 42.6 Å². The first kappa shape index (κ1) is 84.9. The van der Waals surface area contributed by atoms with Crippen LogP contribution in [-0.2, 0) is 81.0 Å². The molecule has 0 aromatic heterocycles. The molecule has 21 rings (SSSR count). The monoisotopic (exact) mass is 1510 g/mol. The molecule has 0 aliphatic heterocycles. The summed E-state index contributed by atoms with van der Waals surface area (Å²) in [4.78, 5) is 102. The molecule has 36 atom stereocenters. The van der Waals surface area contributed by atoms with Gasteiger partial charge in [-0.15, -0.1) is 0 Å². The van der Waals surface area contributed by atoms with Crippen LogP contribution in [0.2, 0.25) is 0 Å². The maximum atomic E-state index is 13.2. The predicted molar refractivity (Wildman–Crippen MR) is 412 cm³/mol. The standard InChI is InChI=1S/C30H42O6.C29H40O6.C26H40O5.6CH4/c1-4-30(2,3)29(33)36-23-12-16-11-21(23)25-19-9-15(24(16)25)10-20(19)28(32)35-13-34-27-18-6-14-5-17(8-18)26(31)22(27)7-14;1-3-13(2)28(31)35-23-11-16-10-21(23)25-19-8-15(24(16)25)9-20(19)29(32)34-12-33-27-18-5-14-4-17(7-18)26(30)22(27)6-14;1-3-15(2)25(27)31-22-12-18-11-21(22)24-19-9-17(23(18)24)10-20(19)26(28)30-14-29-13-16-7-5-4-6-8-16;;;;;;/h14-25,27H,4-13H2,1-3H3;13-25,27H,3-12H2,1-2H3;15-24H,3-14H2,1-2H3;6*1H4. The minimum absolute atomic E-state index is 0. The molecule has 0 radical (unpaired) electrons. The largest absolute Gasteiger partial charge is 0.462 e. The van der Waals surface area contributed by atoms with Crippen molar-refractivity contribution in [3.05, 3.63) is 0 Å². The van der Waals surface area contributed by atoms with Gasteiger partial charge in [-0.05, 0) is 310 Å². The number of esters is 6. The molecular formula is C91H146O17. The van der Waals surface area contributed by atoms with Crippen molar-refractivity contribution >= 4 is 47.4 Å². The molecule has 20 bridgehead atoms. The number of rotatable bonds is 22. The lowest BCUT2D eigenvalue weighted by molar-refractivity contribution is -0.194. The van der Waals surface area contributed by atoms with Gasteiger partial charge >= 0.3 is 35.8 Å². The Kier molecular flexibility index (Phi) is 26.6. The lowest BCUT2D eigenvalue weighted by Gasteiger charge is -2.52. The average molecular weight is 1510 g/mol. The van der Waals surface area contributed by atoms with E-state index in [0.29, 0.717) is 142 Å². The van der Waals surface area contributed by atoms with Gasteiger partial charge in [0.1, 0.15) is 29.9 Å². The van der Waals surface area contributed by atoms with Crippen molar-refractivity contribution in [3.63, 3.8) is 0 Å². The summed E-state index contributed by atoms with van der Waals surface area (Å²) < 4.78 is 53.1. The number of ketones is 2. The van der Waals surface area contributed by atoms with E-state index in [9.17, 15) is 38.4 Å². The highest BCUT2D eigenvalue weighted by molar-refractivity contribution is 5.87. The molecule has 108 heavy (non-hydrogen) atoms. The molecule has 0 spiro atoms. The molecule has 0 amide bonds. The van der Waals surface area contributed by atoms with Crippen molar-refractivity contribution in [2.24, 2.45) is 195 Å². The Bertz CT molecular complexity index is 3190. The van der Waals surface area contributed by atoms with Crippen LogP contribution in [0.5, 0.6) is 0 Å². The Balaban J connectivity index is 0.000000157. The van der Waals surface area contributed by atoms with Crippen molar-refractivity contribution in [2.75, 3.05) is 27.0 Å². The molecule has 0 heterocycles. The van der Waals surface area contributed by atoms with Crippen LogP contribution >= 0.6 is 0 Å². The Morgan fingerprint density at radius 2 is 0.759 bits per heavy atom. The zero-order valence-electron chi connectivity index (χ0n) is 62.4. The van der Waals surface area contributed by atoms with E-state index in [4.69, 9.17) is 42.6 Å². The van der Waals surface area contributed by atoms with Crippen molar-refractivity contribution in [1.29, 1.82) is 0 Å². The maximum Gasteiger partial charge on any atom is 0.311 e. The minimum atomic E-state index is -0.440. The molecule has 21 fully saturated rings. The van der Waals surface area contributed by atoms with Gasteiger partial charge in [0.25, 0.3) is 0 Å². The van der Waals surface area contributed by atoms with Crippen LogP contribution in [-0.4, -0.2) is 105 Å². The topological polar surface area (TPSA) is 220 Å². The zero-order chi connectivity index (χ0) is 70.5. The van der Waals surface area contributed by atoms with Crippen molar-refractivity contribution in [3.8, 4) is 0 Å². The van der Waals surface area contributed by atoms with Crippen LogP contribution in [0, 0.1) is 195 Å². The normalized spacial score (nSPS) is 45.1. The van der Waals surface area contributed by atoms with E-state index in [1.54, 1.807) is 0 Å². The number of carbonyl (C=O) groups is 8. The first-order valence-corrected chi connectivity index (χ1v) is 42.2. The van der Waals surface area contributed by atoms with Gasteiger partial charge in [0.2, 0.25) is 0 Å². The summed E-state index contributed by atoms with van der Waals surface area (Å²) in [5, 5.41) is 0. The molecule has 21 aliphatic rings. The fourth-order valence-corrected chi connectivity index (χ4v) is 29.1. The number of carbonyl (C=O) groups excluding carboxylic acids is 8. The molecule has 17 heteroatoms. The maximum absolute atomic E-state index is 13.2. The Labute approximate surface area is 650 Å². The number of fused-ring (bicyclic) bond motifs is 27. The molecule has 0 aromatic rings. The summed E-state index contributed by atoms with van der Waals surface area (Å²) in [6.07, 6.45) is 30.1. The van der Waals surface area contributed by atoms with E-state index >= 15 is 0 Å². The third-order valence-electron chi connectivity index (χ3n) is 33.8. The van der Waals surface area contributed by atoms with E-state index < -0.39 is 5.41 Å². The molecule has 36 unspecified atom stereocenters. The molecule has 17 nitrogen and oxygen atoms in total. The second-order valence-corrected chi connectivity index (χ2v) is 38.8. The first-order chi connectivity index (χ1) is 49.2. The Morgan fingerprint density at radius 3 is 1.14 bits per heavy atom. The Hall–Kier alpha value is -3.96. The molecule has 0 aromatic carbocycles. The SMILES string of the molecule is C.C.C.C.C.C.CCC(C)(C)C(=O)OC1CC2CC1C1C3CC(CC3C(=O)OCOC3C4CC5CC(C4)C(=O)C3C5)C21.CCC(C)C(=O)OC1CC2CC1C1C3CC(CC3C(=O)OCOC3C4CC5CC(C4)C(=O)C3C5)C21.CCC(C)C(=O)OC1CC2CC1C1C3CC(CC3C(=O)OCOCC3CCCCC3)C21. The fourth-order valence-electron chi connectivity index (χ4n) is 29.1. The van der Waals surface area contributed by atoms with Gasteiger partial charge in [0.15, 0.2) is 20.4 Å². The van der Waals surface area contributed by atoms with Gasteiger partial charge in [0.05, 0.1) is 53.8 Å². The van der Waals surface area contributed by atoms with Crippen LogP contribution in [0.4, 0.5) is 0 Å². The molecule has 21 saturated carbocycles. The fraction of sp³-hybridized carbons (Fsp3) is 0.912. The van der Waals surface area contributed by atoms with Gasteiger partial charge in [-0.2, -0.15) is 0 Å². The quantitative estimate of drug-likeness (QED) is 0.0323. The van der Waals surface area contributed by atoms with Crippen LogP contribution < -0.4 is 0 Å². The summed E-state index contributed by atoms with van der Waals surface area (Å²) in [6, 6.07) is 0. The van der Waals surface area contributed by atoms with E-state index in [0.717, 1.165) is 147 Å². The molecule has 0 saturated heterocycles. The van der Waals surface area contributed by atoms with E-state index in [-0.39, 0.29) is 185 Å². The van der Waals surface area contributed by atoms with E-state index in [1.165, 1.54) is 44.9 Å². The van der Waals surface area contributed by atoms with Crippen LogP contribution in [0.15, 0.2) is 0 Å². The minimum Gasteiger partial charge on any atom is -0.462 e. The summed E-state index contributed by atoms with van der Waals surface area (Å²) in [5.41, 5.74) is -0.440. The highest BCUT2D eigenvalue weighted by atomic mass is 16.7. The molecule has 21 aliphatic carbocycles. The van der Waals surface area contributed by atoms with Crippen molar-refractivity contribution < 1.29 is 81.0 Å². The smallest absolute Gasteiger partial charge is 0.311 e. The highest BCUT2D eigenvalue weighted by Crippen LogP contribution is 2.73. The lowest BCUT2D eigenvalue weighted by atomic mass is 9.54. The molecule has 0 N–H and O–H groups in total. The lowest BCUT2D eigenvalue weighted by Crippen LogP contribution is -2.55. The number of ether oxygens (including phenoxy) is 9. The van der Waals surface area contributed by atoms with Crippen molar-refractivity contribution in [2.45, 2.75) is 303 Å². The summed E-state index contributed by atoms with van der Waals surface area (Å²) >= 11 is 0. The van der Waals surface area contributed by atoms with Crippen LogP contribution in [0.1, 0.15) is 273 Å². The van der Waals surface area contributed by atoms with E-state index in [1.807, 2.05) is 48.5 Å². The van der Waals surface area contributed by atoms with Crippen molar-refractivity contribution in [1.82, 2.24) is 0 Å². The number of hydrogen-bond donors (Lipinski definition) is 0. The summed E-state index contributed by atoms with van der Waals surface area (Å²) in [5.74, 6) is 13.7. The Morgan fingerprint density at radius 1 is 0.398 bits per heavy atom.